The molecular weight excluding hydrogens is 430 g/mol. The van der Waals surface area contributed by atoms with Gasteiger partial charge in [-0.15, -0.1) is 0 Å². The van der Waals surface area contributed by atoms with Crippen LogP contribution in [0.15, 0.2) is 30.3 Å². The molecule has 1 fully saturated rings. The number of ether oxygens (including phenoxy) is 2. The smallest absolute Gasteiger partial charge is 0.387 e. The Balaban J connectivity index is 1.62. The van der Waals surface area contributed by atoms with Crippen LogP contribution >= 0.6 is 0 Å². The van der Waals surface area contributed by atoms with Crippen LogP contribution in [-0.2, 0) is 4.79 Å². The third-order valence-corrected chi connectivity index (χ3v) is 5.19. The van der Waals surface area contributed by atoms with Gasteiger partial charge in [0.25, 0.3) is 0 Å². The summed E-state index contributed by atoms with van der Waals surface area (Å²) in [6.07, 6.45) is 3.13. The highest BCUT2D eigenvalue weighted by atomic mass is 19.3. The van der Waals surface area contributed by atoms with Crippen LogP contribution in [0.25, 0.3) is 6.08 Å². The van der Waals surface area contributed by atoms with Crippen molar-refractivity contribution in [3.63, 3.8) is 0 Å². The fraction of sp³-hybridized carbons (Fsp3) is 0.458. The maximum atomic E-state index is 12.7. The quantitative estimate of drug-likeness (QED) is 0.548. The second-order valence-corrected chi connectivity index (χ2v) is 8.04. The van der Waals surface area contributed by atoms with Crippen LogP contribution in [0, 0.1) is 6.92 Å². The van der Waals surface area contributed by atoms with E-state index in [-0.39, 0.29) is 23.3 Å². The summed E-state index contributed by atoms with van der Waals surface area (Å²) in [5, 5.41) is 0. The van der Waals surface area contributed by atoms with E-state index in [0.29, 0.717) is 38.3 Å². The minimum absolute atomic E-state index is 0.0352. The van der Waals surface area contributed by atoms with E-state index in [1.807, 2.05) is 13.0 Å². The van der Waals surface area contributed by atoms with Gasteiger partial charge in [-0.2, -0.15) is 8.78 Å². The van der Waals surface area contributed by atoms with E-state index in [4.69, 9.17) is 4.74 Å². The van der Waals surface area contributed by atoms with Crippen LogP contribution in [0.3, 0.4) is 0 Å². The SMILES string of the molecule is CCOc1cc(/C=C/C(=O)N2CCN(c3cc(C)nc(C(C)C)n3)CC2)ccc1OC(F)F. The monoisotopic (exact) mass is 460 g/mol. The van der Waals surface area contributed by atoms with Crippen LogP contribution in [0.4, 0.5) is 14.6 Å². The van der Waals surface area contributed by atoms with Crippen molar-refractivity contribution in [3.8, 4) is 11.5 Å². The van der Waals surface area contributed by atoms with Crippen LogP contribution in [-0.4, -0.2) is 60.2 Å². The van der Waals surface area contributed by atoms with Crippen molar-refractivity contribution >= 4 is 17.8 Å². The van der Waals surface area contributed by atoms with Crippen LogP contribution in [0.5, 0.6) is 11.5 Å². The lowest BCUT2D eigenvalue weighted by molar-refractivity contribution is -0.126. The van der Waals surface area contributed by atoms with E-state index < -0.39 is 6.61 Å². The van der Waals surface area contributed by atoms with Crippen molar-refractivity contribution in [2.75, 3.05) is 37.7 Å². The lowest BCUT2D eigenvalue weighted by Gasteiger charge is -2.35. The minimum atomic E-state index is -2.94. The molecule has 0 N–H and O–H groups in total. The molecule has 9 heteroatoms. The third-order valence-electron chi connectivity index (χ3n) is 5.19. The Morgan fingerprint density at radius 1 is 1.12 bits per heavy atom. The minimum Gasteiger partial charge on any atom is -0.490 e. The molecule has 0 unspecified atom stereocenters. The Bertz CT molecular complexity index is 990. The second kappa shape index (κ2) is 11.1. The van der Waals surface area contributed by atoms with E-state index in [9.17, 15) is 13.6 Å². The molecule has 0 aliphatic carbocycles. The van der Waals surface area contributed by atoms with Crippen molar-refractivity contribution in [1.82, 2.24) is 14.9 Å². The fourth-order valence-electron chi connectivity index (χ4n) is 3.51. The number of amides is 1. The predicted molar refractivity (Wildman–Crippen MR) is 123 cm³/mol. The molecule has 0 radical (unpaired) electrons. The molecule has 33 heavy (non-hydrogen) atoms. The maximum absolute atomic E-state index is 12.7. The molecule has 1 saturated heterocycles. The molecule has 1 aromatic carbocycles. The lowest BCUT2D eigenvalue weighted by Crippen LogP contribution is -2.48. The predicted octanol–water partition coefficient (Wildman–Crippen LogP) is 4.27. The highest BCUT2D eigenvalue weighted by Gasteiger charge is 2.21. The van der Waals surface area contributed by atoms with E-state index >= 15 is 0 Å². The molecule has 178 valence electrons. The number of rotatable bonds is 8. The molecule has 3 rings (SSSR count). The maximum Gasteiger partial charge on any atom is 0.387 e. The Hall–Kier alpha value is -3.23. The van der Waals surface area contributed by atoms with Gasteiger partial charge >= 0.3 is 6.61 Å². The zero-order valence-electron chi connectivity index (χ0n) is 19.4. The molecule has 2 aromatic rings. The van der Waals surface area contributed by atoms with Crippen molar-refractivity contribution in [3.05, 3.63) is 47.4 Å². The number of anilines is 1. The zero-order chi connectivity index (χ0) is 24.0. The summed E-state index contributed by atoms with van der Waals surface area (Å²) < 4.78 is 35.0. The number of aryl methyl sites for hydroxylation is 1. The molecule has 0 saturated carbocycles. The first kappa shape index (κ1) is 24.4. The summed E-state index contributed by atoms with van der Waals surface area (Å²) >= 11 is 0. The van der Waals surface area contributed by atoms with Crippen molar-refractivity contribution in [2.24, 2.45) is 0 Å². The second-order valence-electron chi connectivity index (χ2n) is 8.04. The average molecular weight is 461 g/mol. The fourth-order valence-corrected chi connectivity index (χ4v) is 3.51. The topological polar surface area (TPSA) is 67.8 Å². The number of hydrogen-bond acceptors (Lipinski definition) is 6. The number of carbonyl (C=O) groups is 1. The lowest BCUT2D eigenvalue weighted by atomic mass is 10.1. The van der Waals surface area contributed by atoms with Gasteiger partial charge in [-0.25, -0.2) is 9.97 Å². The van der Waals surface area contributed by atoms with Gasteiger partial charge < -0.3 is 19.3 Å². The number of nitrogens with zero attached hydrogens (tertiary/aromatic N) is 4. The Morgan fingerprint density at radius 2 is 1.85 bits per heavy atom. The van der Waals surface area contributed by atoms with Crippen LogP contribution in [0.1, 0.15) is 43.8 Å². The van der Waals surface area contributed by atoms with Crippen LogP contribution < -0.4 is 14.4 Å². The Kier molecular flexibility index (Phi) is 8.19. The Morgan fingerprint density at radius 3 is 2.48 bits per heavy atom. The number of alkyl halides is 2. The first-order valence-corrected chi connectivity index (χ1v) is 11.1. The van der Waals surface area contributed by atoms with E-state index in [0.717, 1.165) is 17.3 Å². The van der Waals surface area contributed by atoms with Crippen molar-refractivity contribution in [1.29, 1.82) is 0 Å². The van der Waals surface area contributed by atoms with Gasteiger partial charge in [-0.1, -0.05) is 19.9 Å². The largest absolute Gasteiger partial charge is 0.490 e. The van der Waals surface area contributed by atoms with E-state index in [1.165, 1.54) is 12.1 Å². The number of aromatic nitrogens is 2. The van der Waals surface area contributed by atoms with Gasteiger partial charge in [0.2, 0.25) is 5.91 Å². The van der Waals surface area contributed by atoms with Crippen molar-refractivity contribution < 1.29 is 23.0 Å². The van der Waals surface area contributed by atoms with Gasteiger partial charge in [0.05, 0.1) is 6.61 Å². The summed E-state index contributed by atoms with van der Waals surface area (Å²) in [5.41, 5.74) is 1.59. The van der Waals surface area contributed by atoms with E-state index in [2.05, 4.69) is 33.5 Å². The van der Waals surface area contributed by atoms with Gasteiger partial charge in [-0.05, 0) is 37.6 Å². The number of hydrogen-bond donors (Lipinski definition) is 0. The number of carbonyl (C=O) groups excluding carboxylic acids is 1. The zero-order valence-corrected chi connectivity index (χ0v) is 19.4. The summed E-state index contributed by atoms with van der Waals surface area (Å²) in [4.78, 5) is 25.8. The normalized spacial score (nSPS) is 14.4. The van der Waals surface area contributed by atoms with Gasteiger partial charge in [0.1, 0.15) is 11.6 Å². The molecule has 0 bridgehead atoms. The molecular formula is C24H30F2N4O3. The highest BCUT2D eigenvalue weighted by Crippen LogP contribution is 2.30. The Labute approximate surface area is 193 Å². The average Bonchev–Trinajstić information content (AvgIpc) is 2.78. The molecule has 2 heterocycles. The molecule has 1 aliphatic rings. The molecule has 1 aliphatic heterocycles. The summed E-state index contributed by atoms with van der Waals surface area (Å²) in [7, 11) is 0. The molecule has 1 aromatic heterocycles. The number of halogens is 2. The summed E-state index contributed by atoms with van der Waals surface area (Å²) in [6, 6.07) is 6.56. The molecule has 7 nitrogen and oxygen atoms in total. The number of piperazine rings is 1. The van der Waals surface area contributed by atoms with Gasteiger partial charge in [0, 0.05) is 49.9 Å². The molecule has 1 amide bonds. The number of benzene rings is 1. The van der Waals surface area contributed by atoms with Crippen molar-refractivity contribution in [2.45, 2.75) is 40.2 Å². The molecule has 0 atom stereocenters. The van der Waals surface area contributed by atoms with E-state index in [1.54, 1.807) is 30.0 Å². The molecule has 0 spiro atoms. The first-order chi connectivity index (χ1) is 15.8. The van der Waals surface area contributed by atoms with Gasteiger partial charge in [-0.3, -0.25) is 4.79 Å². The summed E-state index contributed by atoms with van der Waals surface area (Å²) in [5.74, 6) is 2.03. The standard InChI is InChI=1S/C24H30F2N4O3/c1-5-32-20-15-18(6-8-19(20)33-24(25)26)7-9-22(31)30-12-10-29(11-13-30)21-14-17(4)27-23(28-21)16(2)3/h6-9,14-16,24H,5,10-13H2,1-4H3/b9-7+. The summed E-state index contributed by atoms with van der Waals surface area (Å²) in [6.45, 7) is 7.74. The van der Waals surface area contributed by atoms with Gasteiger partial charge in [0.15, 0.2) is 11.5 Å². The van der Waals surface area contributed by atoms with Crippen LogP contribution in [0.2, 0.25) is 0 Å². The first-order valence-electron chi connectivity index (χ1n) is 11.1. The third kappa shape index (κ3) is 6.63. The highest BCUT2D eigenvalue weighted by molar-refractivity contribution is 5.92.